The van der Waals surface area contributed by atoms with E-state index < -0.39 is 0 Å². The average molecular weight is 356 g/mol. The van der Waals surface area contributed by atoms with Crippen LogP contribution in [0.15, 0.2) is 16.7 Å². The zero-order valence-corrected chi connectivity index (χ0v) is 14.4. The molecule has 0 aromatic carbocycles. The average Bonchev–Trinajstić information content (AvgIpc) is 2.45. The highest BCUT2D eigenvalue weighted by Crippen LogP contribution is 2.22. The van der Waals surface area contributed by atoms with Crippen molar-refractivity contribution in [1.82, 2.24) is 9.88 Å². The van der Waals surface area contributed by atoms with E-state index in [4.69, 9.17) is 4.74 Å². The molecule has 1 aliphatic rings. The van der Waals surface area contributed by atoms with E-state index in [0.29, 0.717) is 25.6 Å². The Kier molecular flexibility index (Phi) is 5.45. The van der Waals surface area contributed by atoms with Crippen molar-refractivity contribution in [2.45, 2.75) is 20.8 Å². The number of nitrogens with zero attached hydrogens (tertiary/aromatic N) is 3. The molecule has 0 atom stereocenters. The third-order valence-corrected chi connectivity index (χ3v) is 3.83. The van der Waals surface area contributed by atoms with Gasteiger partial charge in [0.25, 0.3) is 0 Å². The largest absolute Gasteiger partial charge is 0.449 e. The van der Waals surface area contributed by atoms with Crippen LogP contribution in [-0.4, -0.2) is 48.8 Å². The van der Waals surface area contributed by atoms with Crippen molar-refractivity contribution in [1.29, 1.82) is 0 Å². The molecule has 21 heavy (non-hydrogen) atoms. The molecule has 5 nitrogen and oxygen atoms in total. The Bertz CT molecular complexity index is 500. The van der Waals surface area contributed by atoms with E-state index in [1.165, 1.54) is 0 Å². The molecule has 116 valence electrons. The number of pyridine rings is 1. The smallest absolute Gasteiger partial charge is 0.409 e. The summed E-state index contributed by atoms with van der Waals surface area (Å²) in [5.74, 6) is 1.36. The lowest BCUT2D eigenvalue weighted by Crippen LogP contribution is -2.49. The molecule has 1 aliphatic heterocycles. The molecule has 0 radical (unpaired) electrons. The number of amides is 1. The molecule has 0 aliphatic carbocycles. The zero-order chi connectivity index (χ0) is 15.4. The summed E-state index contributed by atoms with van der Waals surface area (Å²) in [6.07, 6.45) is 1.61. The summed E-state index contributed by atoms with van der Waals surface area (Å²) >= 11 is 3.43. The first kappa shape index (κ1) is 16.1. The molecule has 0 spiro atoms. The fourth-order valence-corrected chi connectivity index (χ4v) is 2.74. The summed E-state index contributed by atoms with van der Waals surface area (Å²) in [4.78, 5) is 20.4. The maximum absolute atomic E-state index is 11.9. The number of piperazine rings is 1. The fourth-order valence-electron chi connectivity index (χ4n) is 2.29. The lowest BCUT2D eigenvalue weighted by atomic mass is 10.2. The molecule has 2 heterocycles. The van der Waals surface area contributed by atoms with Gasteiger partial charge in [-0.05, 0) is 40.4 Å². The van der Waals surface area contributed by atoms with E-state index in [-0.39, 0.29) is 6.09 Å². The summed E-state index contributed by atoms with van der Waals surface area (Å²) < 4.78 is 6.26. The van der Waals surface area contributed by atoms with Crippen LogP contribution in [0.1, 0.15) is 19.4 Å². The van der Waals surface area contributed by atoms with Crippen LogP contribution in [0.5, 0.6) is 0 Å². The Balaban J connectivity index is 1.89. The van der Waals surface area contributed by atoms with Crippen LogP contribution >= 0.6 is 15.9 Å². The van der Waals surface area contributed by atoms with Crippen LogP contribution in [-0.2, 0) is 4.74 Å². The standard InChI is InChI=1S/C15H22BrN3O2/c1-11(2)10-21-15(20)19-6-4-18(5-7-19)14-12(3)8-13(16)9-17-14/h8-9,11H,4-7,10H2,1-3H3. The highest BCUT2D eigenvalue weighted by atomic mass is 79.9. The van der Waals surface area contributed by atoms with E-state index in [0.717, 1.165) is 28.9 Å². The van der Waals surface area contributed by atoms with Gasteiger partial charge in [0, 0.05) is 36.8 Å². The second kappa shape index (κ2) is 7.11. The minimum absolute atomic E-state index is 0.205. The molecule has 0 unspecified atom stereocenters. The van der Waals surface area contributed by atoms with Gasteiger partial charge in [-0.15, -0.1) is 0 Å². The Morgan fingerprint density at radius 2 is 2.05 bits per heavy atom. The normalized spacial score (nSPS) is 15.5. The highest BCUT2D eigenvalue weighted by molar-refractivity contribution is 9.10. The monoisotopic (exact) mass is 355 g/mol. The molecule has 6 heteroatoms. The fraction of sp³-hybridized carbons (Fsp3) is 0.600. The predicted molar refractivity (Wildman–Crippen MR) is 86.6 cm³/mol. The van der Waals surface area contributed by atoms with Gasteiger partial charge >= 0.3 is 6.09 Å². The maximum atomic E-state index is 11.9. The van der Waals surface area contributed by atoms with Gasteiger partial charge in [-0.3, -0.25) is 0 Å². The van der Waals surface area contributed by atoms with E-state index in [1.54, 1.807) is 4.90 Å². The molecule has 1 fully saturated rings. The van der Waals surface area contributed by atoms with E-state index >= 15 is 0 Å². The topological polar surface area (TPSA) is 45.7 Å². The molecule has 1 aromatic heterocycles. The van der Waals surface area contributed by atoms with Gasteiger partial charge in [-0.1, -0.05) is 13.8 Å². The van der Waals surface area contributed by atoms with Crippen molar-refractivity contribution in [3.05, 3.63) is 22.3 Å². The van der Waals surface area contributed by atoms with E-state index in [9.17, 15) is 4.79 Å². The number of aryl methyl sites for hydroxylation is 1. The maximum Gasteiger partial charge on any atom is 0.409 e. The second-order valence-corrected chi connectivity index (χ2v) is 6.65. The number of hydrogen-bond acceptors (Lipinski definition) is 4. The first-order chi connectivity index (χ1) is 9.97. The van der Waals surface area contributed by atoms with Crippen molar-refractivity contribution in [2.24, 2.45) is 5.92 Å². The van der Waals surface area contributed by atoms with Crippen LogP contribution in [0.4, 0.5) is 10.6 Å². The molecule has 0 N–H and O–H groups in total. The van der Waals surface area contributed by atoms with Gasteiger partial charge in [-0.2, -0.15) is 0 Å². The van der Waals surface area contributed by atoms with Crippen LogP contribution < -0.4 is 4.90 Å². The number of anilines is 1. The van der Waals surface area contributed by atoms with Gasteiger partial charge in [0.1, 0.15) is 5.82 Å². The van der Waals surface area contributed by atoms with E-state index in [1.807, 2.05) is 20.0 Å². The van der Waals surface area contributed by atoms with Crippen LogP contribution in [0, 0.1) is 12.8 Å². The Hall–Kier alpha value is -1.30. The number of hydrogen-bond donors (Lipinski definition) is 0. The summed E-state index contributed by atoms with van der Waals surface area (Å²) in [5.41, 5.74) is 1.14. The number of ether oxygens (including phenoxy) is 1. The van der Waals surface area contributed by atoms with Crippen molar-refractivity contribution in [3.63, 3.8) is 0 Å². The number of carbonyl (C=O) groups excluding carboxylic acids is 1. The van der Waals surface area contributed by atoms with Gasteiger partial charge in [-0.25, -0.2) is 9.78 Å². The van der Waals surface area contributed by atoms with Crippen LogP contribution in [0.25, 0.3) is 0 Å². The molecule has 0 saturated carbocycles. The Labute approximate surface area is 134 Å². The Morgan fingerprint density at radius 1 is 1.38 bits per heavy atom. The molecular weight excluding hydrogens is 334 g/mol. The molecule has 0 bridgehead atoms. The zero-order valence-electron chi connectivity index (χ0n) is 12.8. The Morgan fingerprint density at radius 3 is 2.62 bits per heavy atom. The number of aromatic nitrogens is 1. The predicted octanol–water partition coefficient (Wildman–Crippen LogP) is 3.07. The number of carbonyl (C=O) groups is 1. The van der Waals surface area contributed by atoms with Crippen molar-refractivity contribution >= 4 is 27.8 Å². The SMILES string of the molecule is Cc1cc(Br)cnc1N1CCN(C(=O)OCC(C)C)CC1. The second-order valence-electron chi connectivity index (χ2n) is 5.74. The molecular formula is C15H22BrN3O2. The summed E-state index contributed by atoms with van der Waals surface area (Å²) in [7, 11) is 0. The summed E-state index contributed by atoms with van der Waals surface area (Å²) in [5, 5.41) is 0. The third-order valence-electron chi connectivity index (χ3n) is 3.39. The highest BCUT2D eigenvalue weighted by Gasteiger charge is 2.23. The summed E-state index contributed by atoms with van der Waals surface area (Å²) in [6.45, 7) is 9.52. The van der Waals surface area contributed by atoms with E-state index in [2.05, 4.69) is 38.8 Å². The third kappa shape index (κ3) is 4.33. The minimum Gasteiger partial charge on any atom is -0.449 e. The number of rotatable bonds is 3. The minimum atomic E-state index is -0.205. The van der Waals surface area contributed by atoms with Gasteiger partial charge in [0.05, 0.1) is 6.61 Å². The van der Waals surface area contributed by atoms with Gasteiger partial charge in [0.15, 0.2) is 0 Å². The first-order valence-electron chi connectivity index (χ1n) is 7.26. The molecule has 2 rings (SSSR count). The van der Waals surface area contributed by atoms with Crippen molar-refractivity contribution < 1.29 is 9.53 Å². The summed E-state index contributed by atoms with van der Waals surface area (Å²) in [6, 6.07) is 2.06. The van der Waals surface area contributed by atoms with Gasteiger partial charge < -0.3 is 14.5 Å². The van der Waals surface area contributed by atoms with Gasteiger partial charge in [0.2, 0.25) is 0 Å². The number of halogens is 1. The first-order valence-corrected chi connectivity index (χ1v) is 8.05. The lowest BCUT2D eigenvalue weighted by molar-refractivity contribution is 0.0901. The van der Waals surface area contributed by atoms with Crippen molar-refractivity contribution in [2.75, 3.05) is 37.7 Å². The molecule has 1 aromatic rings. The van der Waals surface area contributed by atoms with Crippen LogP contribution in [0.3, 0.4) is 0 Å². The quantitative estimate of drug-likeness (QED) is 0.835. The van der Waals surface area contributed by atoms with Crippen LogP contribution in [0.2, 0.25) is 0 Å². The molecule has 1 saturated heterocycles. The lowest BCUT2D eigenvalue weighted by Gasteiger charge is -2.35. The molecule has 1 amide bonds. The van der Waals surface area contributed by atoms with Crippen molar-refractivity contribution in [3.8, 4) is 0 Å².